The van der Waals surface area contributed by atoms with Crippen LogP contribution < -0.4 is 5.32 Å². The van der Waals surface area contributed by atoms with Gasteiger partial charge in [0.05, 0.1) is 18.5 Å². The molecule has 0 bridgehead atoms. The van der Waals surface area contributed by atoms with E-state index in [1.165, 1.54) is 19.3 Å². The number of carbonyl (C=O) groups is 2. The van der Waals surface area contributed by atoms with Crippen LogP contribution in [0, 0.1) is 0 Å². The lowest BCUT2D eigenvalue weighted by atomic mass is 9.93. The van der Waals surface area contributed by atoms with Crippen molar-refractivity contribution in [3.8, 4) is 11.5 Å². The van der Waals surface area contributed by atoms with Gasteiger partial charge < -0.3 is 19.2 Å². The van der Waals surface area contributed by atoms with Crippen molar-refractivity contribution in [2.45, 2.75) is 83.0 Å². The molecule has 3 aliphatic rings. The van der Waals surface area contributed by atoms with E-state index in [-0.39, 0.29) is 17.9 Å². The minimum Gasteiger partial charge on any atom is -0.463 e. The van der Waals surface area contributed by atoms with Crippen molar-refractivity contribution >= 4 is 11.8 Å². The lowest BCUT2D eigenvalue weighted by molar-refractivity contribution is -0.133. The Kier molecular flexibility index (Phi) is 6.08. The van der Waals surface area contributed by atoms with Gasteiger partial charge in [-0.15, -0.1) is 0 Å². The number of hydrogen-bond acceptors (Lipinski definition) is 4. The summed E-state index contributed by atoms with van der Waals surface area (Å²) in [6, 6.07) is 8.27. The Bertz CT molecular complexity index is 991. The molecular weight excluding hydrogens is 416 g/mol. The van der Waals surface area contributed by atoms with Crippen LogP contribution in [0.2, 0.25) is 0 Å². The third-order valence-corrected chi connectivity index (χ3v) is 8.01. The molecule has 1 N–H and O–H groups in total. The minimum absolute atomic E-state index is 0.0424. The molecule has 2 aromatic heterocycles. The maximum Gasteiger partial charge on any atom is 0.271 e. The van der Waals surface area contributed by atoms with Crippen LogP contribution in [-0.4, -0.2) is 63.4 Å². The number of amides is 2. The Morgan fingerprint density at radius 3 is 2.58 bits per heavy atom. The summed E-state index contributed by atoms with van der Waals surface area (Å²) in [5.41, 5.74) is 0.512. The van der Waals surface area contributed by atoms with Crippen molar-refractivity contribution < 1.29 is 14.0 Å². The van der Waals surface area contributed by atoms with Gasteiger partial charge in [-0.05, 0) is 70.3 Å². The van der Waals surface area contributed by atoms with E-state index in [2.05, 4.69) is 17.1 Å². The van der Waals surface area contributed by atoms with Gasteiger partial charge in [-0.2, -0.15) is 0 Å². The average molecular weight is 453 g/mol. The second-order valence-corrected chi connectivity index (χ2v) is 10.2. The monoisotopic (exact) mass is 452 g/mol. The normalized spacial score (nSPS) is 26.5. The third-order valence-electron chi connectivity index (χ3n) is 8.01. The van der Waals surface area contributed by atoms with Crippen LogP contribution in [0.15, 0.2) is 34.9 Å². The molecule has 2 aromatic rings. The number of aromatic nitrogens is 1. The highest BCUT2D eigenvalue weighted by Crippen LogP contribution is 2.34. The van der Waals surface area contributed by atoms with Crippen molar-refractivity contribution in [1.82, 2.24) is 19.7 Å². The molecule has 2 atom stereocenters. The van der Waals surface area contributed by atoms with E-state index in [1.807, 2.05) is 40.7 Å². The van der Waals surface area contributed by atoms with Gasteiger partial charge >= 0.3 is 0 Å². The second-order valence-electron chi connectivity index (χ2n) is 10.2. The SMILES string of the molecule is C[C@@H]1CCCCN1CCN1C(=O)c2ccc(-c3ccco3)n2C[C@@]1(C)C(=O)NC1CCCC1. The predicted octanol–water partition coefficient (Wildman–Crippen LogP) is 3.90. The zero-order valence-electron chi connectivity index (χ0n) is 19.9. The molecule has 1 aliphatic carbocycles. The zero-order chi connectivity index (χ0) is 23.0. The number of fused-ring (bicyclic) bond motifs is 1. The number of carbonyl (C=O) groups excluding carboxylic acids is 2. The summed E-state index contributed by atoms with van der Waals surface area (Å²) in [6.45, 7) is 7.04. The summed E-state index contributed by atoms with van der Waals surface area (Å²) in [5, 5.41) is 3.28. The molecule has 1 saturated carbocycles. The molecule has 0 radical (unpaired) electrons. The van der Waals surface area contributed by atoms with Crippen LogP contribution in [0.25, 0.3) is 11.5 Å². The molecule has 2 amide bonds. The lowest BCUT2D eigenvalue weighted by Crippen LogP contribution is -2.65. The van der Waals surface area contributed by atoms with E-state index in [0.29, 0.717) is 30.6 Å². The number of nitrogens with zero attached hydrogens (tertiary/aromatic N) is 3. The smallest absolute Gasteiger partial charge is 0.271 e. The molecule has 33 heavy (non-hydrogen) atoms. The highest BCUT2D eigenvalue weighted by molar-refractivity contribution is 6.00. The van der Waals surface area contributed by atoms with Gasteiger partial charge in [-0.3, -0.25) is 14.5 Å². The topological polar surface area (TPSA) is 70.7 Å². The summed E-state index contributed by atoms with van der Waals surface area (Å²) in [7, 11) is 0. The molecule has 2 fully saturated rings. The number of hydrogen-bond donors (Lipinski definition) is 1. The molecule has 0 spiro atoms. The first-order valence-electron chi connectivity index (χ1n) is 12.6. The summed E-state index contributed by atoms with van der Waals surface area (Å²) in [5.74, 6) is 0.593. The first kappa shape index (κ1) is 22.3. The number of rotatable bonds is 6. The lowest BCUT2D eigenvalue weighted by Gasteiger charge is -2.46. The Balaban J connectivity index is 1.45. The average Bonchev–Trinajstić information content (AvgIpc) is 3.56. The van der Waals surface area contributed by atoms with Gasteiger partial charge in [-0.1, -0.05) is 19.3 Å². The summed E-state index contributed by atoms with van der Waals surface area (Å²) in [6.07, 6.45) is 9.66. The fourth-order valence-corrected chi connectivity index (χ4v) is 5.89. The first-order chi connectivity index (χ1) is 16.0. The van der Waals surface area contributed by atoms with Crippen LogP contribution in [0.1, 0.15) is 69.3 Å². The van der Waals surface area contributed by atoms with Crippen molar-refractivity contribution in [1.29, 1.82) is 0 Å². The van der Waals surface area contributed by atoms with Crippen LogP contribution in [0.3, 0.4) is 0 Å². The minimum atomic E-state index is -0.952. The summed E-state index contributed by atoms with van der Waals surface area (Å²) < 4.78 is 7.60. The van der Waals surface area contributed by atoms with Gasteiger partial charge in [0.15, 0.2) is 0 Å². The van der Waals surface area contributed by atoms with E-state index in [0.717, 1.165) is 44.5 Å². The third kappa shape index (κ3) is 4.12. The van der Waals surface area contributed by atoms with E-state index in [4.69, 9.17) is 4.42 Å². The molecule has 4 heterocycles. The van der Waals surface area contributed by atoms with Crippen LogP contribution in [0.4, 0.5) is 0 Å². The molecule has 2 aliphatic heterocycles. The van der Waals surface area contributed by atoms with Crippen LogP contribution in [0.5, 0.6) is 0 Å². The summed E-state index contributed by atoms with van der Waals surface area (Å²) in [4.78, 5) is 31.8. The highest BCUT2D eigenvalue weighted by Gasteiger charge is 2.48. The van der Waals surface area contributed by atoms with Gasteiger partial charge in [0, 0.05) is 25.2 Å². The maximum atomic E-state index is 13.8. The van der Waals surface area contributed by atoms with E-state index in [1.54, 1.807) is 6.26 Å². The van der Waals surface area contributed by atoms with Crippen molar-refractivity contribution in [2.75, 3.05) is 19.6 Å². The Hall–Kier alpha value is -2.54. The number of piperidine rings is 1. The van der Waals surface area contributed by atoms with E-state index >= 15 is 0 Å². The molecule has 0 aromatic carbocycles. The maximum absolute atomic E-state index is 13.8. The standard InChI is InChI=1S/C26H36N4O3/c1-19-8-5-6-14-28(19)15-16-30-24(31)22-13-12-21(23-11-7-17-33-23)29(22)18-26(30,2)25(32)27-20-9-3-4-10-20/h7,11-13,17,19-20H,3-6,8-10,14-16,18H2,1-2H3,(H,27,32)/t19-,26+/m1/s1. The zero-order valence-corrected chi connectivity index (χ0v) is 19.9. The molecule has 1 saturated heterocycles. The van der Waals surface area contributed by atoms with Gasteiger partial charge in [0.2, 0.25) is 5.91 Å². The van der Waals surface area contributed by atoms with E-state index in [9.17, 15) is 9.59 Å². The Morgan fingerprint density at radius 2 is 1.85 bits per heavy atom. The summed E-state index contributed by atoms with van der Waals surface area (Å²) >= 11 is 0. The van der Waals surface area contributed by atoms with Crippen molar-refractivity contribution in [3.05, 3.63) is 36.2 Å². The first-order valence-corrected chi connectivity index (χ1v) is 12.6. The Labute approximate surface area is 196 Å². The molecular formula is C26H36N4O3. The quantitative estimate of drug-likeness (QED) is 0.722. The van der Waals surface area contributed by atoms with Crippen molar-refractivity contribution in [3.63, 3.8) is 0 Å². The van der Waals surface area contributed by atoms with Crippen LogP contribution in [-0.2, 0) is 11.3 Å². The van der Waals surface area contributed by atoms with Gasteiger partial charge in [0.25, 0.3) is 5.91 Å². The molecule has 7 heteroatoms. The van der Waals surface area contributed by atoms with Gasteiger partial charge in [0.1, 0.15) is 17.0 Å². The number of furan rings is 1. The number of likely N-dealkylation sites (tertiary alicyclic amines) is 1. The Morgan fingerprint density at radius 1 is 1.09 bits per heavy atom. The highest BCUT2D eigenvalue weighted by atomic mass is 16.3. The molecule has 5 rings (SSSR count). The second kappa shape index (κ2) is 9.01. The van der Waals surface area contributed by atoms with Crippen molar-refractivity contribution in [2.24, 2.45) is 0 Å². The molecule has 0 unspecified atom stereocenters. The van der Waals surface area contributed by atoms with Gasteiger partial charge in [-0.25, -0.2) is 0 Å². The predicted molar refractivity (Wildman–Crippen MR) is 127 cm³/mol. The largest absolute Gasteiger partial charge is 0.463 e. The number of nitrogens with one attached hydrogen (secondary N) is 1. The molecule has 178 valence electrons. The molecule has 7 nitrogen and oxygen atoms in total. The van der Waals surface area contributed by atoms with Crippen LogP contribution >= 0.6 is 0 Å². The fourth-order valence-electron chi connectivity index (χ4n) is 5.89. The van der Waals surface area contributed by atoms with E-state index < -0.39 is 5.54 Å². The fraction of sp³-hybridized carbons (Fsp3) is 0.615.